The molecule has 4 aromatic heterocycles. The van der Waals surface area contributed by atoms with Crippen molar-refractivity contribution >= 4 is 65.8 Å². The molecular formula is C51H30N3O3+. The van der Waals surface area contributed by atoms with Gasteiger partial charge in [0.2, 0.25) is 0 Å². The van der Waals surface area contributed by atoms with Crippen LogP contribution in [0, 0.1) is 0 Å². The van der Waals surface area contributed by atoms with Gasteiger partial charge in [0.15, 0.2) is 17.5 Å². The van der Waals surface area contributed by atoms with Gasteiger partial charge in [-0.15, -0.1) is 0 Å². The molecule has 0 bridgehead atoms. The molecule has 6 heteroatoms. The van der Waals surface area contributed by atoms with Crippen LogP contribution in [0.15, 0.2) is 189 Å². The second kappa shape index (κ2) is 12.3. The maximum absolute atomic E-state index is 6.95. The van der Waals surface area contributed by atoms with Gasteiger partial charge in [-0.1, -0.05) is 127 Å². The molecule has 266 valence electrons. The molecule has 0 fully saturated rings. The number of hydrogen-bond donors (Lipinski definition) is 0. The fourth-order valence-corrected chi connectivity index (χ4v) is 8.39. The van der Waals surface area contributed by atoms with Gasteiger partial charge in [0.05, 0.1) is 16.3 Å². The first-order valence-corrected chi connectivity index (χ1v) is 19.0. The van der Waals surface area contributed by atoms with Crippen molar-refractivity contribution in [3.63, 3.8) is 0 Å². The Balaban J connectivity index is 1.18. The highest BCUT2D eigenvalue weighted by Gasteiger charge is 2.25. The Bertz CT molecular complexity index is 3470. The van der Waals surface area contributed by atoms with E-state index in [-0.39, 0.29) is 0 Å². The normalized spacial score (nSPS) is 11.9. The Morgan fingerprint density at radius 2 is 0.912 bits per heavy atom. The SMILES string of the molecule is c1ccc(-c2nc(-c3ccccc3)nc(-c3cccc4oc5c(-c6cccc7c6oc6ccccc67)cc(-c6cccc7c6[oH+]c6ccccc67)cc5c34)n2)cc1. The van der Waals surface area contributed by atoms with Gasteiger partial charge in [-0.2, -0.15) is 0 Å². The van der Waals surface area contributed by atoms with Crippen molar-refractivity contribution in [2.75, 3.05) is 0 Å². The van der Waals surface area contributed by atoms with E-state index < -0.39 is 0 Å². The number of fused-ring (bicyclic) bond motifs is 9. The highest BCUT2D eigenvalue weighted by Crippen LogP contribution is 2.46. The Kier molecular flexibility index (Phi) is 6.83. The van der Waals surface area contributed by atoms with Crippen molar-refractivity contribution < 1.29 is 13.3 Å². The van der Waals surface area contributed by atoms with E-state index in [0.29, 0.717) is 17.5 Å². The first-order chi connectivity index (χ1) is 28.2. The third-order valence-electron chi connectivity index (χ3n) is 11.0. The van der Waals surface area contributed by atoms with Gasteiger partial charge >= 0.3 is 0 Å². The van der Waals surface area contributed by atoms with Gasteiger partial charge in [0.1, 0.15) is 22.3 Å². The summed E-state index contributed by atoms with van der Waals surface area (Å²) in [6, 6.07) is 60.0. The van der Waals surface area contributed by atoms with Crippen LogP contribution in [-0.4, -0.2) is 15.0 Å². The van der Waals surface area contributed by atoms with Crippen molar-refractivity contribution in [1.82, 2.24) is 15.0 Å². The molecule has 0 saturated heterocycles. The molecular weight excluding hydrogens is 703 g/mol. The molecule has 0 spiro atoms. The van der Waals surface area contributed by atoms with Crippen molar-refractivity contribution in [3.05, 3.63) is 176 Å². The van der Waals surface area contributed by atoms with Gasteiger partial charge in [0, 0.05) is 55.4 Å². The maximum atomic E-state index is 6.95. The van der Waals surface area contributed by atoms with Crippen molar-refractivity contribution in [1.29, 1.82) is 0 Å². The van der Waals surface area contributed by atoms with Crippen molar-refractivity contribution in [2.45, 2.75) is 0 Å². The van der Waals surface area contributed by atoms with E-state index in [1.807, 2.05) is 91.0 Å². The molecule has 0 radical (unpaired) electrons. The molecule has 1 N–H and O–H groups in total. The van der Waals surface area contributed by atoms with Gasteiger partial charge in [-0.25, -0.2) is 15.0 Å². The topological polar surface area (TPSA) is 77.8 Å². The van der Waals surface area contributed by atoms with E-state index in [1.54, 1.807) is 0 Å². The summed E-state index contributed by atoms with van der Waals surface area (Å²) in [5.74, 6) is 1.76. The van der Waals surface area contributed by atoms with Crippen molar-refractivity contribution in [3.8, 4) is 56.4 Å². The lowest BCUT2D eigenvalue weighted by Gasteiger charge is -2.10. The zero-order valence-electron chi connectivity index (χ0n) is 30.3. The summed E-state index contributed by atoms with van der Waals surface area (Å²) in [5, 5.41) is 6.24. The van der Waals surface area contributed by atoms with Crippen LogP contribution >= 0.6 is 0 Å². The number of furan rings is 3. The summed E-state index contributed by atoms with van der Waals surface area (Å²) in [6.45, 7) is 0. The highest BCUT2D eigenvalue weighted by atomic mass is 16.3. The van der Waals surface area contributed by atoms with Crippen LogP contribution in [0.5, 0.6) is 0 Å². The molecule has 0 unspecified atom stereocenters. The summed E-state index contributed by atoms with van der Waals surface area (Å²) in [5.41, 5.74) is 11.7. The second-order valence-corrected chi connectivity index (χ2v) is 14.3. The lowest BCUT2D eigenvalue weighted by molar-refractivity contribution is 0.665. The highest BCUT2D eigenvalue weighted by molar-refractivity contribution is 6.19. The second-order valence-electron chi connectivity index (χ2n) is 14.3. The summed E-state index contributed by atoms with van der Waals surface area (Å²) >= 11 is 0. The average molecular weight is 733 g/mol. The number of para-hydroxylation sites is 4. The van der Waals surface area contributed by atoms with E-state index in [4.69, 9.17) is 28.2 Å². The van der Waals surface area contributed by atoms with Crippen LogP contribution in [0.2, 0.25) is 0 Å². The van der Waals surface area contributed by atoms with Crippen LogP contribution in [0.25, 0.3) is 122 Å². The van der Waals surface area contributed by atoms with Gasteiger partial charge in [-0.3, -0.25) is 0 Å². The zero-order valence-corrected chi connectivity index (χ0v) is 30.3. The third kappa shape index (κ3) is 4.94. The smallest absolute Gasteiger partial charge is 0.277 e. The standard InChI is InChI=1S/C51H29N3O3/c1-3-14-30(15-4-1)49-52-50(31-16-5-2-6-17-31)54-51(53-49)39-24-13-27-44-45(39)41-29-32(33-20-11-21-36-34-18-7-9-25-42(34)55-46(33)36)28-40(48(41)57-44)38-23-12-22-37-35-19-8-10-26-43(35)56-47(37)38/h1-29H/p+1. The molecule has 12 rings (SSSR count). The first kappa shape index (κ1) is 31.5. The van der Waals surface area contributed by atoms with Crippen LogP contribution in [0.1, 0.15) is 0 Å². The molecule has 8 aromatic carbocycles. The summed E-state index contributed by atoms with van der Waals surface area (Å²) in [4.78, 5) is 15.2. The fourth-order valence-electron chi connectivity index (χ4n) is 8.39. The minimum Gasteiger partial charge on any atom is -0.545 e. The summed E-state index contributed by atoms with van der Waals surface area (Å²) in [6.07, 6.45) is 0. The average Bonchev–Trinajstić information content (AvgIpc) is 3.98. The largest absolute Gasteiger partial charge is 0.545 e. The first-order valence-electron chi connectivity index (χ1n) is 19.0. The van der Waals surface area contributed by atoms with E-state index in [9.17, 15) is 0 Å². The van der Waals surface area contributed by atoms with Crippen LogP contribution in [0.3, 0.4) is 0 Å². The minimum atomic E-state index is 0.563. The minimum absolute atomic E-state index is 0.563. The molecule has 0 saturated carbocycles. The van der Waals surface area contributed by atoms with Crippen LogP contribution < -0.4 is 0 Å². The van der Waals surface area contributed by atoms with E-state index in [0.717, 1.165) is 105 Å². The molecule has 0 aliphatic carbocycles. The predicted octanol–water partition coefficient (Wildman–Crippen LogP) is 14.0. The number of nitrogens with zero attached hydrogens (tertiary/aromatic N) is 3. The summed E-state index contributed by atoms with van der Waals surface area (Å²) in [7, 11) is 0. The van der Waals surface area contributed by atoms with Gasteiger partial charge < -0.3 is 13.3 Å². The van der Waals surface area contributed by atoms with Crippen LogP contribution in [0.4, 0.5) is 0 Å². The van der Waals surface area contributed by atoms with Gasteiger partial charge in [0.25, 0.3) is 11.2 Å². The molecule has 0 amide bonds. The Hall–Kier alpha value is -7.83. The third-order valence-corrected chi connectivity index (χ3v) is 11.0. The Morgan fingerprint density at radius 1 is 0.351 bits per heavy atom. The molecule has 6 nitrogen and oxygen atoms in total. The molecule has 4 heterocycles. The quantitative estimate of drug-likeness (QED) is 0.165. The number of rotatable bonds is 5. The summed E-state index contributed by atoms with van der Waals surface area (Å²) < 4.78 is 18.8. The Labute approximate surface area is 325 Å². The van der Waals surface area contributed by atoms with E-state index in [2.05, 4.69) is 84.9 Å². The molecule has 12 aromatic rings. The van der Waals surface area contributed by atoms with Gasteiger partial charge in [-0.05, 0) is 48.0 Å². The number of benzene rings is 8. The Morgan fingerprint density at radius 3 is 1.70 bits per heavy atom. The predicted molar refractivity (Wildman–Crippen MR) is 230 cm³/mol. The number of hydrogen-bond acceptors (Lipinski definition) is 5. The lowest BCUT2D eigenvalue weighted by Crippen LogP contribution is -2.00. The molecule has 0 aliphatic heterocycles. The van der Waals surface area contributed by atoms with Crippen molar-refractivity contribution in [2.24, 2.45) is 0 Å². The molecule has 57 heavy (non-hydrogen) atoms. The zero-order chi connectivity index (χ0) is 37.5. The molecule has 0 atom stereocenters. The number of aromatic nitrogens is 3. The maximum Gasteiger partial charge on any atom is 0.277 e. The van der Waals surface area contributed by atoms with E-state index >= 15 is 0 Å². The van der Waals surface area contributed by atoms with E-state index in [1.165, 1.54) is 0 Å². The fraction of sp³-hybridized carbons (Fsp3) is 0. The van der Waals surface area contributed by atoms with Crippen LogP contribution in [-0.2, 0) is 0 Å². The molecule has 0 aliphatic rings. The monoisotopic (exact) mass is 732 g/mol. The lowest BCUT2D eigenvalue weighted by atomic mass is 9.93.